The molecule has 0 aromatic carbocycles. The second-order valence-electron chi connectivity index (χ2n) is 4.88. The highest BCUT2D eigenvalue weighted by Gasteiger charge is 2.36. The predicted molar refractivity (Wildman–Crippen MR) is 58.9 cm³/mol. The molecule has 0 radical (unpaired) electrons. The van der Waals surface area contributed by atoms with Crippen LogP contribution in [0.15, 0.2) is 0 Å². The topological polar surface area (TPSA) is 62.8 Å². The van der Waals surface area contributed by atoms with Gasteiger partial charge in [-0.1, -0.05) is 0 Å². The minimum atomic E-state index is -0.270. The second kappa shape index (κ2) is 3.82. The lowest BCUT2D eigenvalue weighted by Crippen LogP contribution is -2.22. The van der Waals surface area contributed by atoms with Crippen molar-refractivity contribution in [2.24, 2.45) is 0 Å². The van der Waals surface area contributed by atoms with Crippen molar-refractivity contribution in [3.63, 3.8) is 0 Å². The Hall–Kier alpha value is -0.940. The van der Waals surface area contributed by atoms with E-state index in [0.29, 0.717) is 6.04 Å². The highest BCUT2D eigenvalue weighted by molar-refractivity contribution is 5.06. The molecule has 1 aromatic heterocycles. The van der Waals surface area contributed by atoms with E-state index < -0.39 is 0 Å². The summed E-state index contributed by atoms with van der Waals surface area (Å²) in [7, 11) is 0. The van der Waals surface area contributed by atoms with Gasteiger partial charge in [0.05, 0.1) is 6.04 Å². The van der Waals surface area contributed by atoms with E-state index >= 15 is 0 Å². The molecule has 2 unspecified atom stereocenters. The van der Waals surface area contributed by atoms with Crippen LogP contribution in [0.25, 0.3) is 0 Å². The average Bonchev–Trinajstić information content (AvgIpc) is 2.98. The molecule has 1 aromatic rings. The minimum absolute atomic E-state index is 0.270. The van der Waals surface area contributed by atoms with Gasteiger partial charge in [0.1, 0.15) is 11.4 Å². The summed E-state index contributed by atoms with van der Waals surface area (Å²) in [5, 5.41) is 10.8. The van der Waals surface area contributed by atoms with E-state index in [4.69, 9.17) is 4.74 Å². The maximum atomic E-state index is 5.74. The Morgan fingerprint density at radius 2 is 2.38 bits per heavy atom. The van der Waals surface area contributed by atoms with E-state index in [0.717, 1.165) is 44.1 Å². The van der Waals surface area contributed by atoms with Crippen molar-refractivity contribution in [1.29, 1.82) is 0 Å². The molecule has 2 aliphatic heterocycles. The summed E-state index contributed by atoms with van der Waals surface area (Å²) < 4.78 is 5.74. The Kier molecular flexibility index (Phi) is 2.44. The van der Waals surface area contributed by atoms with E-state index in [-0.39, 0.29) is 5.60 Å². The van der Waals surface area contributed by atoms with Gasteiger partial charge in [0.25, 0.3) is 0 Å². The first-order valence-electron chi connectivity index (χ1n) is 6.08. The smallest absolute Gasteiger partial charge is 0.182 e. The first-order valence-corrected chi connectivity index (χ1v) is 6.08. The molecule has 2 saturated heterocycles. The third-order valence-electron chi connectivity index (χ3n) is 3.58. The van der Waals surface area contributed by atoms with Gasteiger partial charge < -0.3 is 10.1 Å². The Bertz CT molecular complexity index is 364. The van der Waals surface area contributed by atoms with Crippen LogP contribution in [-0.2, 0) is 10.3 Å². The van der Waals surface area contributed by atoms with E-state index in [1.807, 2.05) is 0 Å². The summed E-state index contributed by atoms with van der Waals surface area (Å²) in [6.45, 7) is 3.98. The highest BCUT2D eigenvalue weighted by Crippen LogP contribution is 2.34. The van der Waals surface area contributed by atoms with Gasteiger partial charge in [0, 0.05) is 6.61 Å². The molecule has 5 nitrogen and oxygen atoms in total. The molecule has 0 aliphatic carbocycles. The van der Waals surface area contributed by atoms with Gasteiger partial charge in [0.15, 0.2) is 5.82 Å². The first-order chi connectivity index (χ1) is 7.78. The van der Waals surface area contributed by atoms with Crippen LogP contribution in [-0.4, -0.2) is 28.3 Å². The summed E-state index contributed by atoms with van der Waals surface area (Å²) in [5.74, 6) is 1.78. The zero-order valence-electron chi connectivity index (χ0n) is 9.62. The minimum Gasteiger partial charge on any atom is -0.367 e. The second-order valence-corrected chi connectivity index (χ2v) is 4.88. The molecule has 2 aliphatic rings. The van der Waals surface area contributed by atoms with Gasteiger partial charge in [-0.05, 0) is 39.2 Å². The van der Waals surface area contributed by atoms with E-state index in [1.165, 1.54) is 6.42 Å². The van der Waals surface area contributed by atoms with Crippen molar-refractivity contribution in [2.45, 2.75) is 44.2 Å². The Balaban J connectivity index is 1.81. The van der Waals surface area contributed by atoms with E-state index in [9.17, 15) is 0 Å². The maximum absolute atomic E-state index is 5.74. The van der Waals surface area contributed by atoms with E-state index in [1.54, 1.807) is 0 Å². The van der Waals surface area contributed by atoms with Gasteiger partial charge >= 0.3 is 0 Å². The van der Waals surface area contributed by atoms with Gasteiger partial charge in [-0.15, -0.1) is 0 Å². The van der Waals surface area contributed by atoms with Crippen molar-refractivity contribution < 1.29 is 4.74 Å². The van der Waals surface area contributed by atoms with Crippen molar-refractivity contribution in [3.8, 4) is 0 Å². The SMILES string of the molecule is CC1(c2n[nH]c(C3CCCN3)n2)CCCO1. The lowest BCUT2D eigenvalue weighted by Gasteiger charge is -2.18. The monoisotopic (exact) mass is 222 g/mol. The van der Waals surface area contributed by atoms with Crippen LogP contribution in [0.5, 0.6) is 0 Å². The molecular formula is C11H18N4O. The van der Waals surface area contributed by atoms with Crippen LogP contribution in [0.2, 0.25) is 0 Å². The Morgan fingerprint density at radius 1 is 1.44 bits per heavy atom. The van der Waals surface area contributed by atoms with Crippen LogP contribution < -0.4 is 5.32 Å². The molecule has 2 fully saturated rings. The van der Waals surface area contributed by atoms with Crippen LogP contribution in [0.3, 0.4) is 0 Å². The standard InChI is InChI=1S/C11H18N4O/c1-11(5-3-7-16-11)10-13-9(14-15-10)8-4-2-6-12-8/h8,12H,2-7H2,1H3,(H,13,14,15). The number of rotatable bonds is 2. The van der Waals surface area contributed by atoms with Gasteiger partial charge in [-0.25, -0.2) is 4.98 Å². The molecule has 3 rings (SSSR count). The van der Waals surface area contributed by atoms with Crippen LogP contribution in [0.4, 0.5) is 0 Å². The lowest BCUT2D eigenvalue weighted by atomic mass is 10.0. The largest absolute Gasteiger partial charge is 0.367 e. The van der Waals surface area contributed by atoms with Crippen molar-refractivity contribution in [2.75, 3.05) is 13.2 Å². The molecule has 2 atom stereocenters. The molecule has 0 amide bonds. The van der Waals surface area contributed by atoms with Crippen LogP contribution >= 0.6 is 0 Å². The molecule has 3 heterocycles. The number of H-pyrrole nitrogens is 1. The Morgan fingerprint density at radius 3 is 3.06 bits per heavy atom. The predicted octanol–water partition coefficient (Wildman–Crippen LogP) is 1.25. The number of nitrogens with zero attached hydrogens (tertiary/aromatic N) is 2. The van der Waals surface area contributed by atoms with Crippen LogP contribution in [0, 0.1) is 0 Å². The summed E-state index contributed by atoms with van der Waals surface area (Å²) in [6.07, 6.45) is 4.48. The Labute approximate surface area is 95.0 Å². The summed E-state index contributed by atoms with van der Waals surface area (Å²) in [5.41, 5.74) is -0.270. The molecule has 0 spiro atoms. The number of nitrogens with one attached hydrogen (secondary N) is 2. The zero-order chi connectivity index (χ0) is 11.0. The fraction of sp³-hybridized carbons (Fsp3) is 0.818. The van der Waals surface area contributed by atoms with Crippen molar-refractivity contribution >= 4 is 0 Å². The molecule has 5 heteroatoms. The van der Waals surface area contributed by atoms with Crippen molar-refractivity contribution in [3.05, 3.63) is 11.6 Å². The lowest BCUT2D eigenvalue weighted by molar-refractivity contribution is 0.00956. The van der Waals surface area contributed by atoms with Gasteiger partial charge in [-0.3, -0.25) is 5.10 Å². The quantitative estimate of drug-likeness (QED) is 0.790. The fourth-order valence-electron chi connectivity index (χ4n) is 2.54. The van der Waals surface area contributed by atoms with Crippen molar-refractivity contribution in [1.82, 2.24) is 20.5 Å². The van der Waals surface area contributed by atoms with Gasteiger partial charge in [-0.2, -0.15) is 5.10 Å². The molecule has 88 valence electrons. The summed E-state index contributed by atoms with van der Waals surface area (Å²) in [6, 6.07) is 0.353. The van der Waals surface area contributed by atoms with Crippen LogP contribution in [0.1, 0.15) is 50.3 Å². The number of aromatic nitrogens is 3. The third kappa shape index (κ3) is 1.64. The van der Waals surface area contributed by atoms with Gasteiger partial charge in [0.2, 0.25) is 0 Å². The summed E-state index contributed by atoms with van der Waals surface area (Å²) >= 11 is 0. The number of aromatic amines is 1. The molecule has 0 bridgehead atoms. The average molecular weight is 222 g/mol. The number of hydrogen-bond donors (Lipinski definition) is 2. The first kappa shape index (κ1) is 10.2. The summed E-state index contributed by atoms with van der Waals surface area (Å²) in [4.78, 5) is 4.59. The molecule has 2 N–H and O–H groups in total. The normalized spacial score (nSPS) is 34.7. The highest BCUT2D eigenvalue weighted by atomic mass is 16.5. The number of ether oxygens (including phenoxy) is 1. The number of hydrogen-bond acceptors (Lipinski definition) is 4. The fourth-order valence-corrected chi connectivity index (χ4v) is 2.54. The maximum Gasteiger partial charge on any atom is 0.182 e. The van der Waals surface area contributed by atoms with E-state index in [2.05, 4.69) is 27.4 Å². The molecule has 16 heavy (non-hydrogen) atoms. The molecular weight excluding hydrogens is 204 g/mol. The third-order valence-corrected chi connectivity index (χ3v) is 3.58. The zero-order valence-corrected chi connectivity index (χ0v) is 9.62. The molecule has 0 saturated carbocycles.